The highest BCUT2D eigenvalue weighted by atomic mass is 16.1. The molecule has 21 heavy (non-hydrogen) atoms. The van der Waals surface area contributed by atoms with E-state index in [0.717, 1.165) is 35.0 Å². The number of amides is 1. The molecule has 0 aliphatic rings. The lowest BCUT2D eigenvalue weighted by Crippen LogP contribution is -2.14. The smallest absolute Gasteiger partial charge is 0.248 e. The number of hydrogen-bond donors (Lipinski definition) is 2. The third-order valence-corrected chi connectivity index (χ3v) is 3.33. The lowest BCUT2D eigenvalue weighted by molar-refractivity contribution is -0.116. The molecule has 2 rings (SSSR count). The molecule has 0 bridgehead atoms. The van der Waals surface area contributed by atoms with Gasteiger partial charge in [-0.3, -0.25) is 9.59 Å². The van der Waals surface area contributed by atoms with E-state index in [4.69, 9.17) is 0 Å². The van der Waals surface area contributed by atoms with Gasteiger partial charge in [-0.15, -0.1) is 0 Å². The van der Waals surface area contributed by atoms with Crippen molar-refractivity contribution in [3.8, 4) is 0 Å². The zero-order valence-corrected chi connectivity index (χ0v) is 12.8. The summed E-state index contributed by atoms with van der Waals surface area (Å²) in [6.07, 6.45) is 2.36. The number of rotatable bonds is 5. The van der Waals surface area contributed by atoms with Crippen LogP contribution in [-0.4, -0.2) is 10.9 Å². The van der Waals surface area contributed by atoms with E-state index in [2.05, 4.69) is 17.2 Å². The van der Waals surface area contributed by atoms with Crippen molar-refractivity contribution in [3.63, 3.8) is 0 Å². The van der Waals surface area contributed by atoms with Gasteiger partial charge in [0.1, 0.15) is 0 Å². The number of nitrogens with one attached hydrogen (secondary N) is 2. The van der Waals surface area contributed by atoms with E-state index < -0.39 is 0 Å². The number of benzene rings is 1. The van der Waals surface area contributed by atoms with Gasteiger partial charge in [-0.1, -0.05) is 33.3 Å². The number of aryl methyl sites for hydroxylation is 1. The summed E-state index contributed by atoms with van der Waals surface area (Å²) in [6.45, 7) is 6.11. The molecule has 0 spiro atoms. The van der Waals surface area contributed by atoms with Crippen molar-refractivity contribution >= 4 is 22.5 Å². The summed E-state index contributed by atoms with van der Waals surface area (Å²) < 4.78 is 0. The first-order valence-corrected chi connectivity index (χ1v) is 7.45. The van der Waals surface area contributed by atoms with Crippen LogP contribution >= 0.6 is 0 Å². The van der Waals surface area contributed by atoms with Gasteiger partial charge in [0.25, 0.3) is 0 Å². The number of carbonyl (C=O) groups is 1. The van der Waals surface area contributed by atoms with Crippen LogP contribution < -0.4 is 10.9 Å². The largest absolute Gasteiger partial charge is 0.326 e. The molecule has 0 radical (unpaired) electrons. The van der Waals surface area contributed by atoms with Gasteiger partial charge >= 0.3 is 0 Å². The number of carbonyl (C=O) groups excluding carboxylic acids is 1. The van der Waals surface area contributed by atoms with Crippen LogP contribution in [0.4, 0.5) is 5.69 Å². The first-order chi connectivity index (χ1) is 9.99. The van der Waals surface area contributed by atoms with E-state index in [-0.39, 0.29) is 11.5 Å². The van der Waals surface area contributed by atoms with Gasteiger partial charge in [0, 0.05) is 23.6 Å². The zero-order valence-electron chi connectivity index (χ0n) is 12.8. The molecule has 2 N–H and O–H groups in total. The summed E-state index contributed by atoms with van der Waals surface area (Å²) in [5.41, 5.74) is 2.44. The number of H-pyrrole nitrogens is 1. The standard InChI is InChI=1S/C17H22N2O2/c1-4-5-12-9-17(21)19-15-10-13(6-7-14(12)15)18-16(20)8-11(2)3/h6-7,9-11H,4-5,8H2,1-3H3,(H,18,20)(H,19,21). The number of anilines is 1. The minimum absolute atomic E-state index is 0.00332. The Balaban J connectivity index is 2.33. The molecule has 1 amide bonds. The molecular formula is C17H22N2O2. The highest BCUT2D eigenvalue weighted by Gasteiger charge is 2.07. The predicted molar refractivity (Wildman–Crippen MR) is 86.6 cm³/mol. The molecule has 0 atom stereocenters. The molecule has 0 unspecified atom stereocenters. The van der Waals surface area contributed by atoms with Crippen LogP contribution in [-0.2, 0) is 11.2 Å². The number of pyridine rings is 1. The van der Waals surface area contributed by atoms with Crippen molar-refractivity contribution < 1.29 is 4.79 Å². The average molecular weight is 286 g/mol. The fourth-order valence-electron chi connectivity index (χ4n) is 2.47. The maximum Gasteiger partial charge on any atom is 0.248 e. The molecule has 1 aromatic heterocycles. The van der Waals surface area contributed by atoms with Crippen LogP contribution in [0.3, 0.4) is 0 Å². The van der Waals surface area contributed by atoms with E-state index in [1.54, 1.807) is 6.07 Å². The van der Waals surface area contributed by atoms with Crippen molar-refractivity contribution in [1.82, 2.24) is 4.98 Å². The molecule has 4 nitrogen and oxygen atoms in total. The Hall–Kier alpha value is -2.10. The molecule has 0 aliphatic carbocycles. The molecule has 0 aliphatic heterocycles. The van der Waals surface area contributed by atoms with Crippen molar-refractivity contribution in [3.05, 3.63) is 40.2 Å². The van der Waals surface area contributed by atoms with E-state index in [9.17, 15) is 9.59 Å². The van der Waals surface area contributed by atoms with Gasteiger partial charge in [-0.2, -0.15) is 0 Å². The molecule has 0 saturated heterocycles. The van der Waals surface area contributed by atoms with E-state index >= 15 is 0 Å². The van der Waals surface area contributed by atoms with Crippen LogP contribution in [0.5, 0.6) is 0 Å². The summed E-state index contributed by atoms with van der Waals surface area (Å²) in [5, 5.41) is 3.92. The Morgan fingerprint density at radius 1 is 1.29 bits per heavy atom. The van der Waals surface area contributed by atoms with E-state index in [0.29, 0.717) is 12.3 Å². The predicted octanol–water partition coefficient (Wildman–Crippen LogP) is 3.47. The molecule has 2 aromatic rings. The summed E-state index contributed by atoms with van der Waals surface area (Å²) in [5.74, 6) is 0.317. The highest BCUT2D eigenvalue weighted by Crippen LogP contribution is 2.21. The van der Waals surface area contributed by atoms with Gasteiger partial charge in [-0.25, -0.2) is 0 Å². The summed E-state index contributed by atoms with van der Waals surface area (Å²) in [7, 11) is 0. The first kappa shape index (κ1) is 15.3. The third kappa shape index (κ3) is 3.94. The van der Waals surface area contributed by atoms with Crippen molar-refractivity contribution in [2.24, 2.45) is 5.92 Å². The minimum atomic E-state index is -0.100. The lowest BCUT2D eigenvalue weighted by Gasteiger charge is -2.10. The molecule has 0 fully saturated rings. The second-order valence-corrected chi connectivity index (χ2v) is 5.82. The molecule has 0 saturated carbocycles. The molecule has 112 valence electrons. The topological polar surface area (TPSA) is 62.0 Å². The average Bonchev–Trinajstić information content (AvgIpc) is 2.37. The Kier molecular flexibility index (Phi) is 4.78. The van der Waals surface area contributed by atoms with Crippen molar-refractivity contribution in [1.29, 1.82) is 0 Å². The summed E-state index contributed by atoms with van der Waals surface area (Å²) in [4.78, 5) is 26.4. The van der Waals surface area contributed by atoms with Crippen LogP contribution in [0, 0.1) is 5.92 Å². The SMILES string of the molecule is CCCc1cc(=O)[nH]c2cc(NC(=O)CC(C)C)ccc12. The van der Waals surface area contributed by atoms with E-state index in [1.807, 2.05) is 32.0 Å². The van der Waals surface area contributed by atoms with Gasteiger partial charge < -0.3 is 10.3 Å². The van der Waals surface area contributed by atoms with Crippen LogP contribution in [0.1, 0.15) is 39.2 Å². The monoisotopic (exact) mass is 286 g/mol. The van der Waals surface area contributed by atoms with Crippen LogP contribution in [0.2, 0.25) is 0 Å². The second kappa shape index (κ2) is 6.57. The molecule has 1 heterocycles. The normalized spacial score (nSPS) is 11.0. The van der Waals surface area contributed by atoms with Gasteiger partial charge in [0.2, 0.25) is 11.5 Å². The number of fused-ring (bicyclic) bond motifs is 1. The fourth-order valence-corrected chi connectivity index (χ4v) is 2.47. The summed E-state index contributed by atoms with van der Waals surface area (Å²) >= 11 is 0. The Labute approximate surface area is 124 Å². The highest BCUT2D eigenvalue weighted by molar-refractivity contribution is 5.94. The second-order valence-electron chi connectivity index (χ2n) is 5.82. The van der Waals surface area contributed by atoms with Crippen LogP contribution in [0.25, 0.3) is 10.9 Å². The molecular weight excluding hydrogens is 264 g/mol. The third-order valence-electron chi connectivity index (χ3n) is 3.33. The fraction of sp³-hybridized carbons (Fsp3) is 0.412. The maximum atomic E-state index is 11.8. The van der Waals surface area contributed by atoms with Gasteiger partial charge in [0.15, 0.2) is 0 Å². The van der Waals surface area contributed by atoms with Crippen molar-refractivity contribution in [2.75, 3.05) is 5.32 Å². The molecule has 1 aromatic carbocycles. The maximum absolute atomic E-state index is 11.8. The lowest BCUT2D eigenvalue weighted by atomic mass is 10.0. The quantitative estimate of drug-likeness (QED) is 0.884. The first-order valence-electron chi connectivity index (χ1n) is 7.45. The minimum Gasteiger partial charge on any atom is -0.326 e. The van der Waals surface area contributed by atoms with Gasteiger partial charge in [-0.05, 0) is 30.0 Å². The van der Waals surface area contributed by atoms with Gasteiger partial charge in [0.05, 0.1) is 5.52 Å². The Morgan fingerprint density at radius 3 is 2.71 bits per heavy atom. The summed E-state index contributed by atoms with van der Waals surface area (Å²) in [6, 6.07) is 7.33. The number of aromatic amines is 1. The van der Waals surface area contributed by atoms with Crippen molar-refractivity contribution in [2.45, 2.75) is 40.0 Å². The Morgan fingerprint density at radius 2 is 2.05 bits per heavy atom. The number of aromatic nitrogens is 1. The van der Waals surface area contributed by atoms with E-state index in [1.165, 1.54) is 0 Å². The van der Waals surface area contributed by atoms with Crippen LogP contribution in [0.15, 0.2) is 29.1 Å². The molecule has 4 heteroatoms. The Bertz CT molecular complexity index is 701. The number of hydrogen-bond acceptors (Lipinski definition) is 2. The zero-order chi connectivity index (χ0) is 15.4.